The van der Waals surface area contributed by atoms with Crippen molar-refractivity contribution in [2.45, 2.75) is 18.8 Å². The smallest absolute Gasteiger partial charge is 0.261 e. The SMILES string of the molecule is CC1OC2(C=CC(=O)C=C2)N(c2nc(-c3ccc4ccccc4c3)nn2-c2ccc3ccccc3c2)C1=O. The van der Waals surface area contributed by atoms with Crippen LogP contribution in [-0.2, 0) is 14.3 Å². The number of fused-ring (bicyclic) bond motifs is 2. The van der Waals surface area contributed by atoms with Gasteiger partial charge in [0.1, 0.15) is 6.10 Å². The number of carbonyl (C=O) groups is 2. The van der Waals surface area contributed by atoms with E-state index in [1.807, 2.05) is 78.9 Å². The zero-order chi connectivity index (χ0) is 25.9. The van der Waals surface area contributed by atoms with Crippen molar-refractivity contribution in [1.82, 2.24) is 14.8 Å². The van der Waals surface area contributed by atoms with Crippen LogP contribution in [0.3, 0.4) is 0 Å². The molecular weight excluding hydrogens is 476 g/mol. The van der Waals surface area contributed by atoms with Gasteiger partial charge in [0.15, 0.2) is 17.3 Å². The summed E-state index contributed by atoms with van der Waals surface area (Å²) < 4.78 is 7.80. The molecule has 0 radical (unpaired) electrons. The molecular formula is C31H22N4O3. The number of benzene rings is 4. The highest BCUT2D eigenvalue weighted by Gasteiger charge is 2.51. The first-order valence-corrected chi connectivity index (χ1v) is 12.4. The van der Waals surface area contributed by atoms with Gasteiger partial charge in [-0.15, -0.1) is 5.10 Å². The highest BCUT2D eigenvalue weighted by molar-refractivity contribution is 6.04. The van der Waals surface area contributed by atoms with Gasteiger partial charge in [-0.2, -0.15) is 9.67 Å². The highest BCUT2D eigenvalue weighted by atomic mass is 16.5. The Morgan fingerprint density at radius 2 is 1.42 bits per heavy atom. The molecule has 1 aliphatic carbocycles. The first kappa shape index (κ1) is 22.3. The Labute approximate surface area is 218 Å². The van der Waals surface area contributed by atoms with E-state index in [9.17, 15) is 9.59 Å². The van der Waals surface area contributed by atoms with Crippen molar-refractivity contribution in [3.05, 3.63) is 109 Å². The summed E-state index contributed by atoms with van der Waals surface area (Å²) in [6, 6.07) is 28.2. The summed E-state index contributed by atoms with van der Waals surface area (Å²) in [6.45, 7) is 1.70. The van der Waals surface area contributed by atoms with Gasteiger partial charge in [0.05, 0.1) is 5.69 Å². The summed E-state index contributed by atoms with van der Waals surface area (Å²) in [5, 5.41) is 9.21. The molecule has 7 nitrogen and oxygen atoms in total. The Morgan fingerprint density at radius 3 is 2.13 bits per heavy atom. The molecule has 184 valence electrons. The number of hydrogen-bond donors (Lipinski definition) is 0. The minimum atomic E-state index is -1.27. The maximum Gasteiger partial charge on any atom is 0.261 e. The molecule has 1 saturated heterocycles. The predicted octanol–water partition coefficient (Wildman–Crippen LogP) is 5.38. The molecule has 2 heterocycles. The first-order chi connectivity index (χ1) is 18.5. The van der Waals surface area contributed by atoms with Gasteiger partial charge in [0.2, 0.25) is 5.95 Å². The number of ketones is 1. The van der Waals surface area contributed by atoms with Crippen LogP contribution in [0.5, 0.6) is 0 Å². The number of allylic oxidation sites excluding steroid dienone is 2. The maximum absolute atomic E-state index is 13.5. The number of anilines is 1. The van der Waals surface area contributed by atoms with Crippen LogP contribution in [-0.4, -0.2) is 38.3 Å². The van der Waals surface area contributed by atoms with Crippen LogP contribution in [0.2, 0.25) is 0 Å². The molecule has 1 atom stereocenters. The quantitative estimate of drug-likeness (QED) is 0.334. The molecule has 4 aromatic carbocycles. The van der Waals surface area contributed by atoms with Gasteiger partial charge in [0, 0.05) is 5.56 Å². The Hall–Kier alpha value is -4.88. The molecule has 7 rings (SSSR count). The van der Waals surface area contributed by atoms with Crippen molar-refractivity contribution in [3.8, 4) is 17.1 Å². The van der Waals surface area contributed by atoms with E-state index in [-0.39, 0.29) is 11.7 Å². The number of ether oxygens (including phenoxy) is 1. The topological polar surface area (TPSA) is 77.3 Å². The van der Waals surface area contributed by atoms with E-state index in [0.717, 1.165) is 32.8 Å². The maximum atomic E-state index is 13.5. The molecule has 1 unspecified atom stereocenters. The third kappa shape index (κ3) is 3.48. The second-order valence-corrected chi connectivity index (χ2v) is 9.50. The lowest BCUT2D eigenvalue weighted by atomic mass is 10.1. The second-order valence-electron chi connectivity index (χ2n) is 9.50. The second kappa shape index (κ2) is 8.33. The van der Waals surface area contributed by atoms with Crippen molar-refractivity contribution in [1.29, 1.82) is 0 Å². The van der Waals surface area contributed by atoms with Crippen molar-refractivity contribution in [2.75, 3.05) is 4.90 Å². The van der Waals surface area contributed by atoms with Gasteiger partial charge >= 0.3 is 0 Å². The Balaban J connectivity index is 1.45. The van der Waals surface area contributed by atoms with Crippen LogP contribution >= 0.6 is 0 Å². The lowest BCUT2D eigenvalue weighted by Gasteiger charge is -2.31. The summed E-state index contributed by atoms with van der Waals surface area (Å²) in [5.41, 5.74) is 0.303. The third-order valence-electron chi connectivity index (χ3n) is 7.03. The average molecular weight is 499 g/mol. The number of carbonyl (C=O) groups excluding carboxylic acids is 2. The van der Waals surface area contributed by atoms with E-state index in [4.69, 9.17) is 14.8 Å². The van der Waals surface area contributed by atoms with Gasteiger partial charge < -0.3 is 4.74 Å². The zero-order valence-corrected chi connectivity index (χ0v) is 20.5. The van der Waals surface area contributed by atoms with Gasteiger partial charge in [0.25, 0.3) is 5.91 Å². The molecule has 0 saturated carbocycles. The number of rotatable bonds is 3. The minimum absolute atomic E-state index is 0.168. The predicted molar refractivity (Wildman–Crippen MR) is 146 cm³/mol. The normalized spacial score (nSPS) is 18.3. The zero-order valence-electron chi connectivity index (χ0n) is 20.5. The van der Waals surface area contributed by atoms with Crippen LogP contribution < -0.4 is 4.90 Å². The fourth-order valence-corrected chi connectivity index (χ4v) is 5.12. The number of aromatic nitrogens is 3. The number of nitrogens with zero attached hydrogens (tertiary/aromatic N) is 4. The molecule has 1 amide bonds. The molecule has 0 N–H and O–H groups in total. The standard InChI is InChI=1S/C31H22N4O3/c1-20-29(37)34(31(38-20)16-14-27(36)15-17-31)30-32-28(25-11-10-21-6-2-4-8-23(21)18-25)33-35(30)26-13-12-22-7-3-5-9-24(22)19-26/h2-20H,1H3. The summed E-state index contributed by atoms with van der Waals surface area (Å²) in [5.74, 6) is 0.342. The van der Waals surface area contributed by atoms with Crippen molar-refractivity contribution < 1.29 is 14.3 Å². The van der Waals surface area contributed by atoms with Crippen LogP contribution in [0.25, 0.3) is 38.6 Å². The monoisotopic (exact) mass is 498 g/mol. The van der Waals surface area contributed by atoms with E-state index in [0.29, 0.717) is 11.8 Å². The summed E-state index contributed by atoms with van der Waals surface area (Å²) in [7, 11) is 0. The Kier molecular flexibility index (Phi) is 4.89. The lowest BCUT2D eigenvalue weighted by molar-refractivity contribution is -0.121. The summed E-state index contributed by atoms with van der Waals surface area (Å²) >= 11 is 0. The van der Waals surface area contributed by atoms with Crippen LogP contribution in [0, 0.1) is 0 Å². The molecule has 7 heteroatoms. The largest absolute Gasteiger partial charge is 0.335 e. The van der Waals surface area contributed by atoms with Crippen LogP contribution in [0.15, 0.2) is 109 Å². The van der Waals surface area contributed by atoms with E-state index in [1.165, 1.54) is 17.1 Å². The average Bonchev–Trinajstić information content (AvgIpc) is 3.48. The third-order valence-corrected chi connectivity index (χ3v) is 7.03. The Bertz CT molecular complexity index is 1820. The van der Waals surface area contributed by atoms with E-state index < -0.39 is 11.8 Å². The molecule has 1 aromatic heterocycles. The number of amides is 1. The fourth-order valence-electron chi connectivity index (χ4n) is 5.12. The van der Waals surface area contributed by atoms with Crippen LogP contribution in [0.1, 0.15) is 6.92 Å². The van der Waals surface area contributed by atoms with Crippen molar-refractivity contribution in [3.63, 3.8) is 0 Å². The van der Waals surface area contributed by atoms with Crippen molar-refractivity contribution >= 4 is 39.2 Å². The molecule has 5 aromatic rings. The van der Waals surface area contributed by atoms with E-state index in [1.54, 1.807) is 23.8 Å². The van der Waals surface area contributed by atoms with Gasteiger partial charge in [-0.3, -0.25) is 9.59 Å². The van der Waals surface area contributed by atoms with Gasteiger partial charge in [-0.1, -0.05) is 66.7 Å². The van der Waals surface area contributed by atoms with E-state index in [2.05, 4.69) is 6.07 Å². The molecule has 1 fully saturated rings. The van der Waals surface area contributed by atoms with Crippen molar-refractivity contribution in [2.24, 2.45) is 0 Å². The molecule has 1 aliphatic heterocycles. The molecule has 2 aliphatic rings. The highest BCUT2D eigenvalue weighted by Crippen LogP contribution is 2.38. The first-order valence-electron chi connectivity index (χ1n) is 12.4. The van der Waals surface area contributed by atoms with E-state index >= 15 is 0 Å². The fraction of sp³-hybridized carbons (Fsp3) is 0.0968. The van der Waals surface area contributed by atoms with Gasteiger partial charge in [-0.05, 0) is 71.0 Å². The minimum Gasteiger partial charge on any atom is -0.335 e. The number of hydrogen-bond acceptors (Lipinski definition) is 5. The van der Waals surface area contributed by atoms with Gasteiger partial charge in [-0.25, -0.2) is 4.90 Å². The lowest BCUT2D eigenvalue weighted by Crippen LogP contribution is -2.46. The summed E-state index contributed by atoms with van der Waals surface area (Å²) in [4.78, 5) is 31.9. The molecule has 38 heavy (non-hydrogen) atoms. The molecule has 1 spiro atoms. The molecule has 0 bridgehead atoms. The van der Waals surface area contributed by atoms with Crippen LogP contribution in [0.4, 0.5) is 5.95 Å². The Morgan fingerprint density at radius 1 is 0.789 bits per heavy atom. The summed E-state index contributed by atoms with van der Waals surface area (Å²) in [6.07, 6.45) is 5.30.